The maximum Gasteiger partial charge on any atom is 0.243 e. The molecule has 0 bridgehead atoms. The topological polar surface area (TPSA) is 60.9 Å². The van der Waals surface area contributed by atoms with Crippen molar-refractivity contribution in [2.24, 2.45) is 5.92 Å². The van der Waals surface area contributed by atoms with Crippen LogP contribution in [0.3, 0.4) is 0 Å². The summed E-state index contributed by atoms with van der Waals surface area (Å²) in [5.41, 5.74) is 1.73. The van der Waals surface area contributed by atoms with E-state index in [4.69, 9.17) is 0 Å². The fourth-order valence-electron chi connectivity index (χ4n) is 5.47. The number of carbonyl (C=O) groups is 1. The summed E-state index contributed by atoms with van der Waals surface area (Å²) in [6.07, 6.45) is 7.35. The normalized spacial score (nSPS) is 26.4. The first-order valence-corrected chi connectivity index (χ1v) is 12.9. The predicted octanol–water partition coefficient (Wildman–Crippen LogP) is 2.79. The Labute approximate surface area is 181 Å². The molecule has 1 aromatic rings. The zero-order valence-corrected chi connectivity index (χ0v) is 19.2. The molecule has 166 valence electrons. The summed E-state index contributed by atoms with van der Waals surface area (Å²) in [5, 5.41) is 0. The van der Waals surface area contributed by atoms with Crippen LogP contribution in [0.5, 0.6) is 0 Å². The lowest BCUT2D eigenvalue weighted by Crippen LogP contribution is -2.55. The van der Waals surface area contributed by atoms with Crippen molar-refractivity contribution in [3.05, 3.63) is 29.3 Å². The molecular weight excluding hydrogens is 398 g/mol. The van der Waals surface area contributed by atoms with E-state index in [-0.39, 0.29) is 5.91 Å². The van der Waals surface area contributed by atoms with E-state index in [9.17, 15) is 13.2 Å². The Morgan fingerprint density at radius 2 is 1.67 bits per heavy atom. The van der Waals surface area contributed by atoms with E-state index < -0.39 is 10.0 Å². The number of carbonyl (C=O) groups excluding carboxylic acids is 1. The van der Waals surface area contributed by atoms with Crippen LogP contribution in [-0.4, -0.2) is 73.7 Å². The number of nitrogens with zero attached hydrogens (tertiary/aromatic N) is 3. The summed E-state index contributed by atoms with van der Waals surface area (Å²) >= 11 is 0. The molecule has 0 spiro atoms. The molecule has 0 N–H and O–H groups in total. The van der Waals surface area contributed by atoms with Gasteiger partial charge in [0.15, 0.2) is 0 Å². The highest BCUT2D eigenvalue weighted by molar-refractivity contribution is 7.89. The first kappa shape index (κ1) is 21.8. The second kappa shape index (κ2) is 8.97. The van der Waals surface area contributed by atoms with Gasteiger partial charge in [0.25, 0.3) is 0 Å². The van der Waals surface area contributed by atoms with Gasteiger partial charge in [-0.3, -0.25) is 9.69 Å². The fraction of sp³-hybridized carbons (Fsp3) is 0.696. The average Bonchev–Trinajstić information content (AvgIpc) is 2.75. The number of piperidine rings is 1. The molecule has 3 aliphatic rings. The third-order valence-electron chi connectivity index (χ3n) is 7.22. The Kier molecular flexibility index (Phi) is 6.51. The molecular formula is C23H35N3O3S. The van der Waals surface area contributed by atoms with Crippen molar-refractivity contribution in [3.8, 4) is 0 Å². The summed E-state index contributed by atoms with van der Waals surface area (Å²) in [4.78, 5) is 17.7. The van der Waals surface area contributed by atoms with E-state index in [1.165, 1.54) is 25.7 Å². The van der Waals surface area contributed by atoms with E-state index >= 15 is 0 Å². The van der Waals surface area contributed by atoms with E-state index in [0.29, 0.717) is 49.6 Å². The van der Waals surface area contributed by atoms with Gasteiger partial charge in [-0.15, -0.1) is 0 Å². The summed E-state index contributed by atoms with van der Waals surface area (Å²) < 4.78 is 27.8. The van der Waals surface area contributed by atoms with Gasteiger partial charge in [0.2, 0.25) is 15.9 Å². The lowest BCUT2D eigenvalue weighted by atomic mass is 9.78. The van der Waals surface area contributed by atoms with Gasteiger partial charge in [0, 0.05) is 38.8 Å². The highest BCUT2D eigenvalue weighted by Crippen LogP contribution is 2.35. The van der Waals surface area contributed by atoms with Crippen LogP contribution < -0.4 is 0 Å². The van der Waals surface area contributed by atoms with Gasteiger partial charge in [0.05, 0.1) is 11.4 Å². The fourth-order valence-corrected chi connectivity index (χ4v) is 7.20. The first-order valence-electron chi connectivity index (χ1n) is 11.5. The molecule has 1 aromatic carbocycles. The molecule has 0 unspecified atom stereocenters. The molecule has 3 fully saturated rings. The van der Waals surface area contributed by atoms with Gasteiger partial charge >= 0.3 is 0 Å². The van der Waals surface area contributed by atoms with Gasteiger partial charge in [-0.05, 0) is 62.6 Å². The molecule has 2 saturated heterocycles. The second-order valence-electron chi connectivity index (χ2n) is 9.29. The number of likely N-dealkylation sites (tertiary alicyclic amines) is 1. The zero-order valence-electron chi connectivity index (χ0n) is 18.3. The molecule has 6 nitrogen and oxygen atoms in total. The van der Waals surface area contributed by atoms with Gasteiger partial charge < -0.3 is 4.90 Å². The van der Waals surface area contributed by atoms with E-state index in [0.717, 1.165) is 30.5 Å². The molecule has 4 rings (SSSR count). The molecule has 0 radical (unpaired) electrons. The number of rotatable bonds is 4. The summed E-state index contributed by atoms with van der Waals surface area (Å²) in [6.45, 7) is 7.17. The SMILES string of the molecule is Cc1ccc(C)c(S(=O)(=O)N2CCN(CC(=O)N3CCC[C@@H]4CCCC[C@H]43)CC2)c1. The van der Waals surface area contributed by atoms with Crippen molar-refractivity contribution in [1.29, 1.82) is 0 Å². The second-order valence-corrected chi connectivity index (χ2v) is 11.2. The summed E-state index contributed by atoms with van der Waals surface area (Å²) in [5.74, 6) is 0.924. The lowest BCUT2D eigenvalue weighted by Gasteiger charge is -2.45. The van der Waals surface area contributed by atoms with E-state index in [1.54, 1.807) is 10.4 Å². The highest BCUT2D eigenvalue weighted by Gasteiger charge is 2.37. The Bertz CT molecular complexity index is 876. The minimum atomic E-state index is -3.49. The van der Waals surface area contributed by atoms with Crippen molar-refractivity contribution in [1.82, 2.24) is 14.1 Å². The minimum Gasteiger partial charge on any atom is -0.338 e. The van der Waals surface area contributed by atoms with Crippen LogP contribution in [0, 0.1) is 19.8 Å². The first-order chi connectivity index (χ1) is 14.4. The van der Waals surface area contributed by atoms with Crippen LogP contribution in [0.4, 0.5) is 0 Å². The van der Waals surface area contributed by atoms with Crippen LogP contribution in [0.15, 0.2) is 23.1 Å². The number of piperazine rings is 1. The van der Waals surface area contributed by atoms with E-state index in [2.05, 4.69) is 9.80 Å². The third kappa shape index (κ3) is 4.43. The number of sulfonamides is 1. The van der Waals surface area contributed by atoms with Crippen LogP contribution >= 0.6 is 0 Å². The molecule has 2 heterocycles. The van der Waals surface area contributed by atoms with Crippen LogP contribution in [-0.2, 0) is 14.8 Å². The van der Waals surface area contributed by atoms with Crippen molar-refractivity contribution >= 4 is 15.9 Å². The average molecular weight is 434 g/mol. The van der Waals surface area contributed by atoms with Gasteiger partial charge in [-0.25, -0.2) is 8.42 Å². The Morgan fingerprint density at radius 1 is 0.967 bits per heavy atom. The zero-order chi connectivity index (χ0) is 21.3. The van der Waals surface area contributed by atoms with Crippen molar-refractivity contribution < 1.29 is 13.2 Å². The Balaban J connectivity index is 1.35. The Morgan fingerprint density at radius 3 is 2.43 bits per heavy atom. The van der Waals surface area contributed by atoms with Crippen molar-refractivity contribution in [3.63, 3.8) is 0 Å². The van der Waals surface area contributed by atoms with Crippen molar-refractivity contribution in [2.75, 3.05) is 39.3 Å². The van der Waals surface area contributed by atoms with E-state index in [1.807, 2.05) is 26.0 Å². The molecule has 1 amide bonds. The smallest absolute Gasteiger partial charge is 0.243 e. The number of aryl methyl sites for hydroxylation is 2. The lowest BCUT2D eigenvalue weighted by molar-refractivity contribution is -0.139. The van der Waals surface area contributed by atoms with Crippen LogP contribution in [0.1, 0.15) is 49.7 Å². The maximum atomic E-state index is 13.1. The summed E-state index contributed by atoms with van der Waals surface area (Å²) in [7, 11) is -3.49. The summed E-state index contributed by atoms with van der Waals surface area (Å²) in [6, 6.07) is 6.01. The quantitative estimate of drug-likeness (QED) is 0.733. The molecule has 1 aliphatic carbocycles. The number of hydrogen-bond acceptors (Lipinski definition) is 4. The number of amides is 1. The maximum absolute atomic E-state index is 13.1. The third-order valence-corrected chi connectivity index (χ3v) is 9.26. The standard InChI is InChI=1S/C23H35N3O3S/c1-18-9-10-19(2)22(16-18)30(28,29)25-14-12-24(13-15-25)17-23(27)26-11-5-7-20-6-3-4-8-21(20)26/h9-10,16,20-21H,3-8,11-15,17H2,1-2H3/t20-,21+/m0/s1. The largest absolute Gasteiger partial charge is 0.338 e. The van der Waals surface area contributed by atoms with Gasteiger partial charge in [-0.2, -0.15) is 4.31 Å². The van der Waals surface area contributed by atoms with Crippen molar-refractivity contribution in [2.45, 2.75) is 63.3 Å². The van der Waals surface area contributed by atoms with Gasteiger partial charge in [0.1, 0.15) is 0 Å². The van der Waals surface area contributed by atoms with Gasteiger partial charge in [-0.1, -0.05) is 25.0 Å². The van der Waals surface area contributed by atoms with Crippen LogP contribution in [0.25, 0.3) is 0 Å². The molecule has 2 aliphatic heterocycles. The molecule has 1 saturated carbocycles. The monoisotopic (exact) mass is 433 g/mol. The number of fused-ring (bicyclic) bond motifs is 1. The predicted molar refractivity (Wildman–Crippen MR) is 118 cm³/mol. The molecule has 30 heavy (non-hydrogen) atoms. The number of benzene rings is 1. The molecule has 2 atom stereocenters. The molecule has 0 aromatic heterocycles. The molecule has 7 heteroatoms. The van der Waals surface area contributed by atoms with Crippen LogP contribution in [0.2, 0.25) is 0 Å². The Hall–Kier alpha value is -1.44. The minimum absolute atomic E-state index is 0.234. The highest BCUT2D eigenvalue weighted by atomic mass is 32.2. The number of hydrogen-bond donors (Lipinski definition) is 0.